The lowest BCUT2D eigenvalue weighted by Crippen LogP contribution is -2.38. The Bertz CT molecular complexity index is 719. The highest BCUT2D eigenvalue weighted by Gasteiger charge is 2.09. The third kappa shape index (κ3) is 7.05. The molecule has 5 heteroatoms. The molecule has 0 bridgehead atoms. The number of aryl methyl sites for hydroxylation is 1. The van der Waals surface area contributed by atoms with E-state index in [0.717, 1.165) is 12.8 Å². The summed E-state index contributed by atoms with van der Waals surface area (Å²) >= 11 is 0. The molecule has 138 valence electrons. The maximum absolute atomic E-state index is 13.1. The summed E-state index contributed by atoms with van der Waals surface area (Å²) in [6, 6.07) is 16.1. The Morgan fingerprint density at radius 2 is 1.73 bits per heavy atom. The lowest BCUT2D eigenvalue weighted by atomic mass is 10.1. The van der Waals surface area contributed by atoms with Crippen LogP contribution in [0.3, 0.4) is 0 Å². The minimum atomic E-state index is -0.350. The zero-order chi connectivity index (χ0) is 18.8. The summed E-state index contributed by atoms with van der Waals surface area (Å²) in [5.41, 5.74) is 1.88. The minimum absolute atomic E-state index is 0.00237. The average Bonchev–Trinajstić information content (AvgIpc) is 2.61. The van der Waals surface area contributed by atoms with Gasteiger partial charge in [-0.1, -0.05) is 42.5 Å². The zero-order valence-corrected chi connectivity index (χ0v) is 15.1. The number of benzene rings is 2. The molecule has 0 fully saturated rings. The second-order valence-corrected chi connectivity index (χ2v) is 6.25. The van der Waals surface area contributed by atoms with E-state index in [-0.39, 0.29) is 24.1 Å². The number of carbonyl (C=O) groups excluding carboxylic acids is 2. The molecule has 2 rings (SSSR count). The molecule has 0 unspecified atom stereocenters. The van der Waals surface area contributed by atoms with E-state index in [1.807, 2.05) is 18.2 Å². The van der Waals surface area contributed by atoms with Gasteiger partial charge in [0.1, 0.15) is 5.82 Å². The molecule has 0 radical (unpaired) electrons. The van der Waals surface area contributed by atoms with Gasteiger partial charge < -0.3 is 10.2 Å². The van der Waals surface area contributed by atoms with Gasteiger partial charge in [0.15, 0.2) is 0 Å². The van der Waals surface area contributed by atoms with Crippen LogP contribution in [-0.2, 0) is 22.4 Å². The maximum Gasteiger partial charge on any atom is 0.224 e. The molecule has 0 saturated heterocycles. The first-order chi connectivity index (χ1) is 12.5. The highest BCUT2D eigenvalue weighted by atomic mass is 19.1. The molecular weight excluding hydrogens is 331 g/mol. The van der Waals surface area contributed by atoms with Crippen LogP contribution in [0.25, 0.3) is 0 Å². The number of hydrogen-bond acceptors (Lipinski definition) is 2. The molecule has 2 aromatic rings. The fourth-order valence-electron chi connectivity index (χ4n) is 2.77. The van der Waals surface area contributed by atoms with E-state index >= 15 is 0 Å². The number of carbonyl (C=O) groups is 2. The first-order valence-corrected chi connectivity index (χ1v) is 8.85. The Kier molecular flexibility index (Phi) is 7.80. The van der Waals surface area contributed by atoms with Gasteiger partial charge >= 0.3 is 0 Å². The minimum Gasteiger partial charge on any atom is -0.354 e. The summed E-state index contributed by atoms with van der Waals surface area (Å²) in [5.74, 6) is -0.530. The second-order valence-electron chi connectivity index (χ2n) is 6.25. The van der Waals surface area contributed by atoms with Crippen LogP contribution < -0.4 is 5.32 Å². The van der Waals surface area contributed by atoms with Crippen LogP contribution in [-0.4, -0.2) is 36.3 Å². The molecule has 0 aliphatic heterocycles. The predicted molar refractivity (Wildman–Crippen MR) is 100 cm³/mol. The zero-order valence-electron chi connectivity index (χ0n) is 15.1. The van der Waals surface area contributed by atoms with E-state index in [0.29, 0.717) is 25.2 Å². The molecule has 0 heterocycles. The molecule has 26 heavy (non-hydrogen) atoms. The van der Waals surface area contributed by atoms with Crippen LogP contribution in [0.1, 0.15) is 24.5 Å². The molecule has 0 spiro atoms. The van der Waals surface area contributed by atoms with E-state index in [1.54, 1.807) is 17.0 Å². The monoisotopic (exact) mass is 356 g/mol. The third-order valence-corrected chi connectivity index (χ3v) is 4.14. The van der Waals surface area contributed by atoms with E-state index in [2.05, 4.69) is 17.4 Å². The Morgan fingerprint density at radius 3 is 2.42 bits per heavy atom. The quantitative estimate of drug-likeness (QED) is 0.751. The van der Waals surface area contributed by atoms with Crippen molar-refractivity contribution in [2.75, 3.05) is 19.6 Å². The van der Waals surface area contributed by atoms with Gasteiger partial charge in [0.2, 0.25) is 11.8 Å². The fourth-order valence-corrected chi connectivity index (χ4v) is 2.77. The van der Waals surface area contributed by atoms with Gasteiger partial charge in [-0.2, -0.15) is 0 Å². The Labute approximate surface area is 154 Å². The SMILES string of the molecule is CC(=O)N(CCCc1ccccc1)CCNC(=O)Cc1cccc(F)c1. The molecule has 0 aromatic heterocycles. The van der Waals surface area contributed by atoms with Crippen molar-refractivity contribution in [1.29, 1.82) is 0 Å². The fraction of sp³-hybridized carbons (Fsp3) is 0.333. The number of nitrogens with one attached hydrogen (secondary N) is 1. The van der Waals surface area contributed by atoms with Gasteiger partial charge in [0.05, 0.1) is 6.42 Å². The van der Waals surface area contributed by atoms with Crippen LogP contribution in [0.2, 0.25) is 0 Å². The number of rotatable bonds is 9. The van der Waals surface area contributed by atoms with Crippen LogP contribution >= 0.6 is 0 Å². The molecule has 0 aliphatic rings. The van der Waals surface area contributed by atoms with Crippen molar-refractivity contribution in [3.63, 3.8) is 0 Å². The van der Waals surface area contributed by atoms with Crippen molar-refractivity contribution in [2.24, 2.45) is 0 Å². The second kappa shape index (κ2) is 10.3. The van der Waals surface area contributed by atoms with Crippen molar-refractivity contribution < 1.29 is 14.0 Å². The van der Waals surface area contributed by atoms with Gasteiger partial charge in [-0.3, -0.25) is 9.59 Å². The molecule has 2 amide bonds. The van der Waals surface area contributed by atoms with Gasteiger partial charge in [-0.05, 0) is 36.1 Å². The van der Waals surface area contributed by atoms with E-state index < -0.39 is 0 Å². The highest BCUT2D eigenvalue weighted by Crippen LogP contribution is 2.05. The lowest BCUT2D eigenvalue weighted by Gasteiger charge is -2.21. The van der Waals surface area contributed by atoms with Crippen LogP contribution in [0, 0.1) is 5.82 Å². The number of halogens is 1. The Balaban J connectivity index is 1.70. The van der Waals surface area contributed by atoms with Crippen molar-refractivity contribution in [2.45, 2.75) is 26.2 Å². The number of hydrogen-bond donors (Lipinski definition) is 1. The molecule has 0 saturated carbocycles. The Hall–Kier alpha value is -2.69. The summed E-state index contributed by atoms with van der Waals surface area (Å²) in [6.45, 7) is 3.05. The van der Waals surface area contributed by atoms with Crippen LogP contribution in [0.4, 0.5) is 4.39 Å². The lowest BCUT2D eigenvalue weighted by molar-refractivity contribution is -0.129. The normalized spacial score (nSPS) is 10.4. The van der Waals surface area contributed by atoms with Gasteiger partial charge in [-0.25, -0.2) is 4.39 Å². The van der Waals surface area contributed by atoms with Crippen molar-refractivity contribution >= 4 is 11.8 Å². The maximum atomic E-state index is 13.1. The number of nitrogens with zero attached hydrogens (tertiary/aromatic N) is 1. The summed E-state index contributed by atoms with van der Waals surface area (Å²) in [5, 5.41) is 2.79. The summed E-state index contributed by atoms with van der Waals surface area (Å²) in [7, 11) is 0. The van der Waals surface area contributed by atoms with Crippen molar-refractivity contribution in [3.05, 3.63) is 71.5 Å². The third-order valence-electron chi connectivity index (χ3n) is 4.14. The highest BCUT2D eigenvalue weighted by molar-refractivity contribution is 5.78. The van der Waals surface area contributed by atoms with E-state index in [4.69, 9.17) is 0 Å². The van der Waals surface area contributed by atoms with Crippen molar-refractivity contribution in [1.82, 2.24) is 10.2 Å². The summed E-state index contributed by atoms with van der Waals surface area (Å²) in [4.78, 5) is 25.4. The first kappa shape index (κ1) is 19.6. The van der Waals surface area contributed by atoms with Crippen LogP contribution in [0.15, 0.2) is 54.6 Å². The molecule has 0 aliphatic carbocycles. The van der Waals surface area contributed by atoms with E-state index in [9.17, 15) is 14.0 Å². The molecule has 4 nitrogen and oxygen atoms in total. The first-order valence-electron chi connectivity index (χ1n) is 8.85. The van der Waals surface area contributed by atoms with Gasteiger partial charge in [0, 0.05) is 26.6 Å². The molecular formula is C21H25FN2O2. The van der Waals surface area contributed by atoms with E-state index in [1.165, 1.54) is 24.6 Å². The standard InChI is InChI=1S/C21H25FN2O2/c1-17(25)24(13-6-10-18-7-3-2-4-8-18)14-12-23-21(26)16-19-9-5-11-20(22)15-19/h2-5,7-9,11,15H,6,10,12-14,16H2,1H3,(H,23,26). The van der Waals surface area contributed by atoms with Gasteiger partial charge in [0.25, 0.3) is 0 Å². The average molecular weight is 356 g/mol. The van der Waals surface area contributed by atoms with Crippen molar-refractivity contribution in [3.8, 4) is 0 Å². The largest absolute Gasteiger partial charge is 0.354 e. The molecule has 2 aromatic carbocycles. The summed E-state index contributed by atoms with van der Waals surface area (Å²) < 4.78 is 13.1. The summed E-state index contributed by atoms with van der Waals surface area (Å²) in [6.07, 6.45) is 1.92. The van der Waals surface area contributed by atoms with Crippen LogP contribution in [0.5, 0.6) is 0 Å². The van der Waals surface area contributed by atoms with Gasteiger partial charge in [-0.15, -0.1) is 0 Å². The Morgan fingerprint density at radius 1 is 1.00 bits per heavy atom. The molecule has 0 atom stereocenters. The molecule has 1 N–H and O–H groups in total. The predicted octanol–water partition coefficient (Wildman–Crippen LogP) is 2.97. The number of amides is 2. The topological polar surface area (TPSA) is 49.4 Å². The smallest absolute Gasteiger partial charge is 0.224 e.